The first-order chi connectivity index (χ1) is 13.4. The van der Waals surface area contributed by atoms with E-state index >= 15 is 0 Å². The van der Waals surface area contributed by atoms with Crippen LogP contribution in [0.4, 0.5) is 10.9 Å². The van der Waals surface area contributed by atoms with Gasteiger partial charge in [0.2, 0.25) is 5.91 Å². The molecule has 0 fully saturated rings. The van der Waals surface area contributed by atoms with Gasteiger partial charge in [0.25, 0.3) is 0 Å². The second kappa shape index (κ2) is 7.01. The molecule has 1 aliphatic rings. The molecule has 0 spiro atoms. The molecule has 3 aromatic heterocycles. The van der Waals surface area contributed by atoms with Crippen molar-refractivity contribution in [1.82, 2.24) is 19.7 Å². The summed E-state index contributed by atoms with van der Waals surface area (Å²) in [7, 11) is 0. The molecule has 1 unspecified atom stereocenters. The SMILES string of the molecule is CCC(C)n1nc(-c2cnc(N)c(C)c2)c2c1-c1sc(NC(C)=O)nc1CC2. The lowest BCUT2D eigenvalue weighted by atomic mass is 9.95. The Bertz CT molecular complexity index is 1070. The van der Waals surface area contributed by atoms with Crippen molar-refractivity contribution < 1.29 is 4.79 Å². The van der Waals surface area contributed by atoms with Crippen LogP contribution in [0.3, 0.4) is 0 Å². The second-order valence-corrected chi connectivity index (χ2v) is 8.28. The second-order valence-electron chi connectivity index (χ2n) is 7.28. The molecule has 1 amide bonds. The van der Waals surface area contributed by atoms with E-state index in [9.17, 15) is 4.79 Å². The summed E-state index contributed by atoms with van der Waals surface area (Å²) in [6, 6.07) is 2.30. The highest BCUT2D eigenvalue weighted by molar-refractivity contribution is 7.19. The van der Waals surface area contributed by atoms with Crippen LogP contribution in [0.25, 0.3) is 21.8 Å². The predicted octanol–water partition coefficient (Wildman–Crippen LogP) is 3.99. The molecule has 0 aliphatic heterocycles. The smallest absolute Gasteiger partial charge is 0.223 e. The van der Waals surface area contributed by atoms with Crippen LogP contribution in [0, 0.1) is 6.92 Å². The number of carbonyl (C=O) groups excluding carboxylic acids is 1. The molecule has 8 heteroatoms. The Hall–Kier alpha value is -2.74. The molecule has 3 aromatic rings. The van der Waals surface area contributed by atoms with E-state index in [-0.39, 0.29) is 11.9 Å². The molecule has 1 aliphatic carbocycles. The summed E-state index contributed by atoms with van der Waals surface area (Å²) in [5.74, 6) is 0.439. The fraction of sp³-hybridized carbons (Fsp3) is 0.400. The Morgan fingerprint density at radius 2 is 2.21 bits per heavy atom. The summed E-state index contributed by atoms with van der Waals surface area (Å²) < 4.78 is 2.12. The number of aryl methyl sites for hydroxylation is 2. The number of thiazole rings is 1. The largest absolute Gasteiger partial charge is 0.383 e. The summed E-state index contributed by atoms with van der Waals surface area (Å²) in [6.07, 6.45) is 4.47. The summed E-state index contributed by atoms with van der Waals surface area (Å²) in [5.41, 5.74) is 12.2. The van der Waals surface area contributed by atoms with Crippen molar-refractivity contribution in [2.75, 3.05) is 11.1 Å². The number of nitrogens with one attached hydrogen (secondary N) is 1. The van der Waals surface area contributed by atoms with Gasteiger partial charge in [0.15, 0.2) is 5.13 Å². The van der Waals surface area contributed by atoms with Gasteiger partial charge >= 0.3 is 0 Å². The van der Waals surface area contributed by atoms with Crippen LogP contribution in [0.2, 0.25) is 0 Å². The van der Waals surface area contributed by atoms with E-state index in [1.54, 1.807) is 6.20 Å². The molecule has 0 radical (unpaired) electrons. The Morgan fingerprint density at radius 3 is 2.89 bits per heavy atom. The summed E-state index contributed by atoms with van der Waals surface area (Å²) in [4.78, 5) is 21.5. The van der Waals surface area contributed by atoms with Gasteiger partial charge in [-0.1, -0.05) is 18.3 Å². The van der Waals surface area contributed by atoms with Gasteiger partial charge in [-0.3, -0.25) is 9.48 Å². The number of nitrogens with two attached hydrogens (primary N) is 1. The summed E-state index contributed by atoms with van der Waals surface area (Å²) >= 11 is 1.52. The first-order valence-electron chi connectivity index (χ1n) is 9.50. The van der Waals surface area contributed by atoms with Gasteiger partial charge < -0.3 is 11.1 Å². The number of aromatic nitrogens is 4. The Morgan fingerprint density at radius 1 is 1.43 bits per heavy atom. The van der Waals surface area contributed by atoms with Crippen molar-refractivity contribution in [2.45, 2.75) is 53.0 Å². The Labute approximate surface area is 168 Å². The molecule has 7 nitrogen and oxygen atoms in total. The number of amides is 1. The van der Waals surface area contributed by atoms with E-state index in [1.165, 1.54) is 23.8 Å². The van der Waals surface area contributed by atoms with Crippen LogP contribution in [0.15, 0.2) is 12.3 Å². The zero-order valence-corrected chi connectivity index (χ0v) is 17.4. The van der Waals surface area contributed by atoms with Crippen LogP contribution >= 0.6 is 11.3 Å². The molecule has 1 atom stereocenters. The van der Waals surface area contributed by atoms with E-state index < -0.39 is 0 Å². The average molecular weight is 397 g/mol. The van der Waals surface area contributed by atoms with Gasteiger partial charge in [0.05, 0.1) is 22.0 Å². The average Bonchev–Trinajstić information content (AvgIpc) is 3.23. The molecule has 4 rings (SSSR count). The third-order valence-electron chi connectivity index (χ3n) is 5.22. The lowest BCUT2D eigenvalue weighted by molar-refractivity contribution is -0.114. The third-order valence-corrected chi connectivity index (χ3v) is 6.24. The monoisotopic (exact) mass is 396 g/mol. The van der Waals surface area contributed by atoms with E-state index in [2.05, 4.69) is 39.9 Å². The molecule has 0 bridgehead atoms. The fourth-order valence-corrected chi connectivity index (χ4v) is 4.66. The zero-order chi connectivity index (χ0) is 20.0. The van der Waals surface area contributed by atoms with Crippen molar-refractivity contribution in [3.63, 3.8) is 0 Å². The minimum atomic E-state index is -0.106. The van der Waals surface area contributed by atoms with E-state index in [1.807, 2.05) is 6.92 Å². The van der Waals surface area contributed by atoms with Gasteiger partial charge in [-0.25, -0.2) is 9.97 Å². The van der Waals surface area contributed by atoms with Crippen molar-refractivity contribution in [1.29, 1.82) is 0 Å². The van der Waals surface area contributed by atoms with Gasteiger partial charge in [-0.05, 0) is 44.7 Å². The van der Waals surface area contributed by atoms with Crippen LogP contribution in [-0.4, -0.2) is 25.7 Å². The molecular weight excluding hydrogens is 372 g/mol. The number of anilines is 2. The van der Waals surface area contributed by atoms with E-state index in [4.69, 9.17) is 10.8 Å². The molecule has 0 saturated carbocycles. The number of hydrogen-bond acceptors (Lipinski definition) is 6. The number of hydrogen-bond donors (Lipinski definition) is 2. The maximum absolute atomic E-state index is 11.5. The predicted molar refractivity (Wildman–Crippen MR) is 112 cm³/mol. The van der Waals surface area contributed by atoms with Crippen LogP contribution in [0.5, 0.6) is 0 Å². The molecule has 3 heterocycles. The van der Waals surface area contributed by atoms with Gasteiger partial charge in [-0.15, -0.1) is 0 Å². The molecule has 0 saturated heterocycles. The van der Waals surface area contributed by atoms with Crippen molar-refractivity contribution in [3.8, 4) is 21.8 Å². The Balaban J connectivity index is 1.90. The number of fused-ring (bicyclic) bond motifs is 3. The first-order valence-corrected chi connectivity index (χ1v) is 10.3. The number of pyridine rings is 1. The van der Waals surface area contributed by atoms with Crippen molar-refractivity contribution >= 4 is 28.2 Å². The lowest BCUT2D eigenvalue weighted by Crippen LogP contribution is -2.10. The Kier molecular flexibility index (Phi) is 4.66. The summed E-state index contributed by atoms with van der Waals surface area (Å²) in [5, 5.41) is 8.47. The maximum atomic E-state index is 11.5. The summed E-state index contributed by atoms with van der Waals surface area (Å²) in [6.45, 7) is 7.80. The standard InChI is InChI=1S/C20H24N6OS/c1-5-11(3)26-17-14(16(25-26)13-8-10(2)19(21)22-9-13)6-7-15-18(17)28-20(24-15)23-12(4)27/h8-9,11H,5-7H2,1-4H3,(H2,21,22)(H,23,24,27). The minimum absolute atomic E-state index is 0.106. The fourth-order valence-electron chi connectivity index (χ4n) is 3.54. The van der Waals surface area contributed by atoms with Crippen LogP contribution in [0.1, 0.15) is 50.1 Å². The van der Waals surface area contributed by atoms with E-state index in [0.717, 1.165) is 52.3 Å². The zero-order valence-electron chi connectivity index (χ0n) is 16.5. The molecule has 146 valence electrons. The minimum Gasteiger partial charge on any atom is -0.383 e. The highest BCUT2D eigenvalue weighted by Crippen LogP contribution is 2.44. The highest BCUT2D eigenvalue weighted by Gasteiger charge is 2.30. The number of nitrogen functional groups attached to an aromatic ring is 1. The van der Waals surface area contributed by atoms with Gasteiger partial charge in [0, 0.05) is 30.3 Å². The third kappa shape index (κ3) is 3.07. The molecule has 28 heavy (non-hydrogen) atoms. The molecule has 0 aromatic carbocycles. The van der Waals surface area contributed by atoms with E-state index in [0.29, 0.717) is 10.9 Å². The van der Waals surface area contributed by atoms with Gasteiger partial charge in [0.1, 0.15) is 5.82 Å². The molecular formula is C20H24N6OS. The van der Waals surface area contributed by atoms with Crippen LogP contribution in [-0.2, 0) is 17.6 Å². The van der Waals surface area contributed by atoms with Crippen molar-refractivity contribution in [3.05, 3.63) is 29.1 Å². The van der Waals surface area contributed by atoms with Gasteiger partial charge in [-0.2, -0.15) is 5.10 Å². The highest BCUT2D eigenvalue weighted by atomic mass is 32.1. The first kappa shape index (κ1) is 18.6. The van der Waals surface area contributed by atoms with Crippen molar-refractivity contribution in [2.24, 2.45) is 0 Å². The van der Waals surface area contributed by atoms with Crippen LogP contribution < -0.4 is 11.1 Å². The molecule has 3 N–H and O–H groups in total. The number of rotatable bonds is 4. The maximum Gasteiger partial charge on any atom is 0.223 e. The quantitative estimate of drug-likeness (QED) is 0.695. The number of nitrogens with zero attached hydrogens (tertiary/aromatic N) is 4. The topological polar surface area (TPSA) is 98.7 Å². The lowest BCUT2D eigenvalue weighted by Gasteiger charge is -2.17. The number of carbonyl (C=O) groups is 1. The normalized spacial score (nSPS) is 13.7.